The maximum atomic E-state index is 12.4. The zero-order valence-electron chi connectivity index (χ0n) is 11.9. The highest BCUT2D eigenvalue weighted by Crippen LogP contribution is 2.31. The topological polar surface area (TPSA) is 52.3 Å². The van der Waals surface area contributed by atoms with Crippen LogP contribution >= 0.6 is 23.2 Å². The molecule has 2 N–H and O–H groups in total. The summed E-state index contributed by atoms with van der Waals surface area (Å²) in [5.74, 6) is -0.525. The second kappa shape index (κ2) is 6.17. The normalized spacial score (nSPS) is 14.5. The van der Waals surface area contributed by atoms with Crippen LogP contribution in [-0.4, -0.2) is 11.6 Å². The number of carbonyl (C=O) groups is 1. The highest BCUT2D eigenvalue weighted by Gasteiger charge is 2.39. The summed E-state index contributed by atoms with van der Waals surface area (Å²) in [4.78, 5) is 12.4. The van der Waals surface area contributed by atoms with Gasteiger partial charge in [-0.3, -0.25) is 0 Å². The van der Waals surface area contributed by atoms with Crippen LogP contribution in [0, 0.1) is 0 Å². The Labute approximate surface area is 129 Å². The van der Waals surface area contributed by atoms with Crippen LogP contribution in [0.3, 0.4) is 0 Å². The summed E-state index contributed by atoms with van der Waals surface area (Å²) in [5, 5.41) is 0.743. The summed E-state index contributed by atoms with van der Waals surface area (Å²) in [7, 11) is 0. The van der Waals surface area contributed by atoms with Crippen LogP contribution in [0.15, 0.2) is 30.9 Å². The lowest BCUT2D eigenvalue weighted by Gasteiger charge is -2.31. The molecule has 0 heterocycles. The number of hydrogen-bond acceptors (Lipinski definition) is 3. The van der Waals surface area contributed by atoms with Gasteiger partial charge in [0.05, 0.1) is 10.0 Å². The number of halogens is 2. The van der Waals surface area contributed by atoms with Crippen molar-refractivity contribution in [2.45, 2.75) is 38.3 Å². The molecular weight excluding hydrogens is 297 g/mol. The van der Waals surface area contributed by atoms with E-state index in [0.29, 0.717) is 15.6 Å². The largest absolute Gasteiger partial charge is 0.458 e. The monoisotopic (exact) mass is 315 g/mol. The predicted molar refractivity (Wildman–Crippen MR) is 83.0 cm³/mol. The van der Waals surface area contributed by atoms with Gasteiger partial charge in [0.15, 0.2) is 0 Å². The number of benzene rings is 1. The van der Waals surface area contributed by atoms with Crippen molar-refractivity contribution in [3.05, 3.63) is 46.5 Å². The van der Waals surface area contributed by atoms with E-state index < -0.39 is 17.1 Å². The third-order valence-corrected chi connectivity index (χ3v) is 3.40. The number of hydrogen-bond donors (Lipinski definition) is 1. The van der Waals surface area contributed by atoms with E-state index in [9.17, 15) is 4.79 Å². The summed E-state index contributed by atoms with van der Waals surface area (Å²) in [5.41, 5.74) is 4.84. The van der Waals surface area contributed by atoms with Crippen molar-refractivity contribution in [2.24, 2.45) is 5.73 Å². The van der Waals surface area contributed by atoms with Crippen LogP contribution in [-0.2, 0) is 15.1 Å². The molecule has 110 valence electrons. The Morgan fingerprint density at radius 3 is 2.40 bits per heavy atom. The lowest BCUT2D eigenvalue weighted by atomic mass is 9.87. The molecule has 3 nitrogen and oxygen atoms in total. The second-order valence-corrected chi connectivity index (χ2v) is 6.41. The van der Waals surface area contributed by atoms with Crippen molar-refractivity contribution in [3.63, 3.8) is 0 Å². The van der Waals surface area contributed by atoms with Gasteiger partial charge in [0.25, 0.3) is 0 Å². The van der Waals surface area contributed by atoms with E-state index >= 15 is 0 Å². The van der Waals surface area contributed by atoms with Gasteiger partial charge < -0.3 is 10.5 Å². The molecule has 0 bridgehead atoms. The van der Waals surface area contributed by atoms with Gasteiger partial charge in [-0.1, -0.05) is 35.3 Å². The fraction of sp³-hybridized carbons (Fsp3) is 0.400. The van der Waals surface area contributed by atoms with Gasteiger partial charge in [-0.25, -0.2) is 4.79 Å². The minimum absolute atomic E-state index is 0.236. The van der Waals surface area contributed by atoms with Crippen LogP contribution < -0.4 is 5.73 Å². The first kappa shape index (κ1) is 17.0. The SMILES string of the molecule is C=CCC(N)(C(=O)OC(C)(C)C)c1ccc(Cl)c(Cl)c1. The first-order valence-corrected chi connectivity index (χ1v) is 6.94. The molecule has 0 fully saturated rings. The van der Waals surface area contributed by atoms with Gasteiger partial charge in [-0.2, -0.15) is 0 Å². The molecule has 1 rings (SSSR count). The minimum Gasteiger partial charge on any atom is -0.458 e. The van der Waals surface area contributed by atoms with Crippen molar-refractivity contribution in [1.82, 2.24) is 0 Å². The fourth-order valence-electron chi connectivity index (χ4n) is 1.69. The van der Waals surface area contributed by atoms with Gasteiger partial charge in [0.1, 0.15) is 11.1 Å². The van der Waals surface area contributed by atoms with Gasteiger partial charge in [-0.15, -0.1) is 6.58 Å². The number of ether oxygens (including phenoxy) is 1. The zero-order valence-corrected chi connectivity index (χ0v) is 13.4. The Balaban J connectivity index is 3.22. The molecule has 0 amide bonds. The third-order valence-electron chi connectivity index (χ3n) is 2.66. The lowest BCUT2D eigenvalue weighted by Crippen LogP contribution is -2.48. The molecule has 0 aliphatic rings. The van der Waals surface area contributed by atoms with E-state index in [1.807, 2.05) is 0 Å². The Morgan fingerprint density at radius 2 is 1.95 bits per heavy atom. The van der Waals surface area contributed by atoms with Crippen molar-refractivity contribution in [2.75, 3.05) is 0 Å². The van der Waals surface area contributed by atoms with Gasteiger partial charge >= 0.3 is 5.97 Å². The van der Waals surface area contributed by atoms with Gasteiger partial charge in [-0.05, 0) is 44.9 Å². The molecule has 0 aromatic heterocycles. The van der Waals surface area contributed by atoms with Crippen LogP contribution in [0.25, 0.3) is 0 Å². The lowest BCUT2D eigenvalue weighted by molar-refractivity contribution is -0.162. The van der Waals surface area contributed by atoms with E-state index in [1.165, 1.54) is 0 Å². The summed E-state index contributed by atoms with van der Waals surface area (Å²) >= 11 is 11.9. The van der Waals surface area contributed by atoms with E-state index in [2.05, 4.69) is 6.58 Å². The highest BCUT2D eigenvalue weighted by atomic mass is 35.5. The minimum atomic E-state index is -1.33. The molecule has 0 radical (unpaired) electrons. The van der Waals surface area contributed by atoms with Gasteiger partial charge in [0, 0.05) is 0 Å². The Hall–Kier alpha value is -1.03. The van der Waals surface area contributed by atoms with Crippen molar-refractivity contribution in [3.8, 4) is 0 Å². The summed E-state index contributed by atoms with van der Waals surface area (Å²) in [6.45, 7) is 9.00. The summed E-state index contributed by atoms with van der Waals surface area (Å²) < 4.78 is 5.39. The average molecular weight is 316 g/mol. The standard InChI is InChI=1S/C15H19Cl2NO2/c1-5-8-15(18,13(19)20-14(2,3)4)10-6-7-11(16)12(17)9-10/h5-7,9H,1,8,18H2,2-4H3. The molecule has 0 aliphatic carbocycles. The predicted octanol–water partition coefficient (Wildman–Crippen LogP) is 4.07. The molecule has 1 unspecified atom stereocenters. The highest BCUT2D eigenvalue weighted by molar-refractivity contribution is 6.42. The Kier molecular flexibility index (Phi) is 5.25. The third kappa shape index (κ3) is 3.98. The molecule has 1 atom stereocenters. The van der Waals surface area contributed by atoms with Crippen molar-refractivity contribution < 1.29 is 9.53 Å². The quantitative estimate of drug-likeness (QED) is 0.673. The Bertz CT molecular complexity index is 523. The number of carbonyl (C=O) groups excluding carboxylic acids is 1. The summed E-state index contributed by atoms with van der Waals surface area (Å²) in [6.07, 6.45) is 1.81. The van der Waals surface area contributed by atoms with Crippen LogP contribution in [0.5, 0.6) is 0 Å². The Morgan fingerprint density at radius 1 is 1.35 bits per heavy atom. The van der Waals surface area contributed by atoms with Crippen LogP contribution in [0.1, 0.15) is 32.8 Å². The fourth-order valence-corrected chi connectivity index (χ4v) is 1.99. The average Bonchev–Trinajstić information content (AvgIpc) is 2.30. The molecule has 1 aromatic carbocycles. The number of esters is 1. The first-order chi connectivity index (χ1) is 9.10. The summed E-state index contributed by atoms with van der Waals surface area (Å²) in [6, 6.07) is 4.85. The maximum absolute atomic E-state index is 12.4. The van der Waals surface area contributed by atoms with E-state index in [4.69, 9.17) is 33.7 Å². The van der Waals surface area contributed by atoms with Crippen LogP contribution in [0.4, 0.5) is 0 Å². The first-order valence-electron chi connectivity index (χ1n) is 6.19. The van der Waals surface area contributed by atoms with Crippen LogP contribution in [0.2, 0.25) is 10.0 Å². The number of rotatable bonds is 4. The molecule has 0 aliphatic heterocycles. The molecular formula is C15H19Cl2NO2. The second-order valence-electron chi connectivity index (χ2n) is 5.59. The molecule has 20 heavy (non-hydrogen) atoms. The van der Waals surface area contributed by atoms with E-state index in [-0.39, 0.29) is 6.42 Å². The molecule has 0 saturated heterocycles. The molecule has 1 aromatic rings. The van der Waals surface area contributed by atoms with Crippen molar-refractivity contribution >= 4 is 29.2 Å². The maximum Gasteiger partial charge on any atom is 0.331 e. The zero-order chi connectivity index (χ0) is 15.6. The molecule has 0 spiro atoms. The van der Waals surface area contributed by atoms with Gasteiger partial charge in [0.2, 0.25) is 0 Å². The smallest absolute Gasteiger partial charge is 0.331 e. The van der Waals surface area contributed by atoms with E-state index in [0.717, 1.165) is 0 Å². The molecule has 0 saturated carbocycles. The molecule has 5 heteroatoms. The van der Waals surface area contributed by atoms with Crippen molar-refractivity contribution in [1.29, 1.82) is 0 Å². The number of nitrogens with two attached hydrogens (primary N) is 1. The van der Waals surface area contributed by atoms with E-state index in [1.54, 1.807) is 45.0 Å².